The van der Waals surface area contributed by atoms with Crippen LogP contribution in [-0.4, -0.2) is 26.9 Å². The zero-order valence-corrected chi connectivity index (χ0v) is 13.0. The quantitative estimate of drug-likeness (QED) is 0.432. The number of hydrogen-bond donors (Lipinski definition) is 2. The molecule has 0 fully saturated rings. The SMILES string of the molecule is NS(=O)(=O)c1cccc(NC(=O)COC(=O)c2cc[n+]([O-])cc2)c1. The standard InChI is InChI=1S/C14H13N3O6S/c15-24(21,22)12-3-1-2-11(8-12)16-13(18)9-23-14(19)10-4-6-17(20)7-5-10/h1-8H,9H2,(H,16,18)(H2,15,21,22). The van der Waals surface area contributed by atoms with Gasteiger partial charge in [0.05, 0.1) is 10.5 Å². The van der Waals surface area contributed by atoms with E-state index in [-0.39, 0.29) is 16.1 Å². The number of primary sulfonamides is 1. The number of nitrogens with zero attached hydrogens (tertiary/aromatic N) is 1. The fourth-order valence-corrected chi connectivity index (χ4v) is 2.27. The predicted molar refractivity (Wildman–Crippen MR) is 82.1 cm³/mol. The molecule has 9 nitrogen and oxygen atoms in total. The van der Waals surface area contributed by atoms with Crippen molar-refractivity contribution in [1.82, 2.24) is 0 Å². The van der Waals surface area contributed by atoms with Gasteiger partial charge < -0.3 is 15.3 Å². The molecular weight excluding hydrogens is 338 g/mol. The van der Waals surface area contributed by atoms with Crippen LogP contribution >= 0.6 is 0 Å². The molecule has 1 heterocycles. The first kappa shape index (κ1) is 17.4. The summed E-state index contributed by atoms with van der Waals surface area (Å²) in [6.07, 6.45) is 2.24. The highest BCUT2D eigenvalue weighted by Gasteiger charge is 2.13. The maximum atomic E-state index is 11.7. The van der Waals surface area contributed by atoms with Crippen molar-refractivity contribution in [3.63, 3.8) is 0 Å². The van der Waals surface area contributed by atoms with Crippen molar-refractivity contribution in [2.45, 2.75) is 4.90 Å². The van der Waals surface area contributed by atoms with Gasteiger partial charge in [0.2, 0.25) is 10.0 Å². The minimum atomic E-state index is -3.89. The maximum Gasteiger partial charge on any atom is 0.339 e. The molecule has 0 aliphatic carbocycles. The topological polar surface area (TPSA) is 142 Å². The fraction of sp³-hybridized carbons (Fsp3) is 0.0714. The second kappa shape index (κ2) is 7.06. The Hall–Kier alpha value is -2.98. The summed E-state index contributed by atoms with van der Waals surface area (Å²) in [5, 5.41) is 18.2. The van der Waals surface area contributed by atoms with Crippen molar-refractivity contribution in [1.29, 1.82) is 0 Å². The summed E-state index contributed by atoms with van der Waals surface area (Å²) in [5.41, 5.74) is 0.306. The Morgan fingerprint density at radius 1 is 1.21 bits per heavy atom. The smallest absolute Gasteiger partial charge is 0.339 e. The van der Waals surface area contributed by atoms with E-state index in [2.05, 4.69) is 5.32 Å². The van der Waals surface area contributed by atoms with Gasteiger partial charge >= 0.3 is 5.97 Å². The molecule has 0 spiro atoms. The zero-order chi connectivity index (χ0) is 17.7. The van der Waals surface area contributed by atoms with Crippen LogP contribution in [0.3, 0.4) is 0 Å². The van der Waals surface area contributed by atoms with Gasteiger partial charge in [-0.2, -0.15) is 4.73 Å². The molecule has 0 atom stereocenters. The highest BCUT2D eigenvalue weighted by Crippen LogP contribution is 2.14. The van der Waals surface area contributed by atoms with Gasteiger partial charge in [-0.1, -0.05) is 6.07 Å². The van der Waals surface area contributed by atoms with Crippen molar-refractivity contribution >= 4 is 27.6 Å². The number of benzene rings is 1. The number of nitrogens with one attached hydrogen (secondary N) is 1. The van der Waals surface area contributed by atoms with Crippen LogP contribution in [0.5, 0.6) is 0 Å². The molecule has 1 aromatic carbocycles. The van der Waals surface area contributed by atoms with Crippen LogP contribution in [0.25, 0.3) is 0 Å². The average Bonchev–Trinajstić information content (AvgIpc) is 2.53. The summed E-state index contributed by atoms with van der Waals surface area (Å²) in [5.74, 6) is -1.44. The lowest BCUT2D eigenvalue weighted by atomic mass is 10.3. The monoisotopic (exact) mass is 351 g/mol. The van der Waals surface area contributed by atoms with E-state index in [9.17, 15) is 23.2 Å². The summed E-state index contributed by atoms with van der Waals surface area (Å²) in [4.78, 5) is 23.3. The Kier molecular flexibility index (Phi) is 5.11. The van der Waals surface area contributed by atoms with Gasteiger partial charge in [-0.15, -0.1) is 0 Å². The Labute approximate surface area is 137 Å². The second-order valence-electron chi connectivity index (χ2n) is 4.64. The highest BCUT2D eigenvalue weighted by molar-refractivity contribution is 7.89. The first-order valence-corrected chi connectivity index (χ1v) is 8.09. The molecule has 24 heavy (non-hydrogen) atoms. The number of carbonyl (C=O) groups excluding carboxylic acids is 2. The lowest BCUT2D eigenvalue weighted by molar-refractivity contribution is -0.605. The van der Waals surface area contributed by atoms with Crippen LogP contribution in [0.4, 0.5) is 5.69 Å². The molecule has 1 aromatic heterocycles. The number of esters is 1. The molecule has 0 saturated heterocycles. The molecule has 2 rings (SSSR count). The molecule has 0 unspecified atom stereocenters. The third-order valence-electron chi connectivity index (χ3n) is 2.82. The molecule has 126 valence electrons. The van der Waals surface area contributed by atoms with Gasteiger partial charge in [-0.05, 0) is 18.2 Å². The molecule has 0 bridgehead atoms. The number of amides is 1. The van der Waals surface area contributed by atoms with E-state index in [1.54, 1.807) is 0 Å². The van der Waals surface area contributed by atoms with Gasteiger partial charge in [-0.3, -0.25) is 4.79 Å². The molecule has 0 aliphatic heterocycles. The largest absolute Gasteiger partial charge is 0.619 e. The van der Waals surface area contributed by atoms with Crippen molar-refractivity contribution in [2.24, 2.45) is 5.14 Å². The Morgan fingerprint density at radius 2 is 1.88 bits per heavy atom. The Bertz CT molecular complexity index is 864. The summed E-state index contributed by atoms with van der Waals surface area (Å²) in [6.45, 7) is -0.579. The number of pyridine rings is 1. The van der Waals surface area contributed by atoms with Crippen LogP contribution in [0.15, 0.2) is 53.7 Å². The second-order valence-corrected chi connectivity index (χ2v) is 6.21. The average molecular weight is 351 g/mol. The Balaban J connectivity index is 1.94. The van der Waals surface area contributed by atoms with Crippen molar-refractivity contribution < 1.29 is 27.5 Å². The third kappa shape index (κ3) is 4.76. The number of nitrogens with two attached hydrogens (primary N) is 1. The minimum Gasteiger partial charge on any atom is -0.619 e. The van der Waals surface area contributed by atoms with E-state index >= 15 is 0 Å². The van der Waals surface area contributed by atoms with Crippen LogP contribution < -0.4 is 15.2 Å². The number of ether oxygens (including phenoxy) is 1. The van der Waals surface area contributed by atoms with E-state index in [0.29, 0.717) is 4.73 Å². The highest BCUT2D eigenvalue weighted by atomic mass is 32.2. The normalized spacial score (nSPS) is 10.9. The van der Waals surface area contributed by atoms with E-state index in [1.165, 1.54) is 36.4 Å². The fourth-order valence-electron chi connectivity index (χ4n) is 1.71. The first-order chi connectivity index (χ1) is 11.3. The number of anilines is 1. The van der Waals surface area contributed by atoms with Gasteiger partial charge in [-0.25, -0.2) is 18.4 Å². The van der Waals surface area contributed by atoms with Crippen molar-refractivity contribution in [3.05, 3.63) is 59.6 Å². The zero-order valence-electron chi connectivity index (χ0n) is 12.2. The van der Waals surface area contributed by atoms with Gasteiger partial charge in [0.25, 0.3) is 5.91 Å². The van der Waals surface area contributed by atoms with E-state index in [1.807, 2.05) is 0 Å². The van der Waals surface area contributed by atoms with Crippen molar-refractivity contribution in [2.75, 3.05) is 11.9 Å². The summed E-state index contributed by atoms with van der Waals surface area (Å²) in [6, 6.07) is 7.83. The maximum absolute atomic E-state index is 11.7. The third-order valence-corrected chi connectivity index (χ3v) is 3.73. The summed E-state index contributed by atoms with van der Waals surface area (Å²) in [7, 11) is -3.89. The van der Waals surface area contributed by atoms with Crippen molar-refractivity contribution in [3.8, 4) is 0 Å². The molecule has 3 N–H and O–H groups in total. The van der Waals surface area contributed by atoms with E-state index in [4.69, 9.17) is 9.88 Å². The number of rotatable bonds is 5. The van der Waals surface area contributed by atoms with Crippen LogP contribution in [0, 0.1) is 5.21 Å². The lowest BCUT2D eigenvalue weighted by Crippen LogP contribution is -2.25. The first-order valence-electron chi connectivity index (χ1n) is 6.54. The van der Waals surface area contributed by atoms with E-state index < -0.39 is 28.5 Å². The molecule has 0 radical (unpaired) electrons. The van der Waals surface area contributed by atoms with Gasteiger partial charge in [0.15, 0.2) is 19.0 Å². The van der Waals surface area contributed by atoms with Crippen LogP contribution in [0.1, 0.15) is 10.4 Å². The lowest BCUT2D eigenvalue weighted by Gasteiger charge is -2.07. The summed E-state index contributed by atoms with van der Waals surface area (Å²) >= 11 is 0. The van der Waals surface area contributed by atoms with Gasteiger partial charge in [0.1, 0.15) is 0 Å². The summed E-state index contributed by atoms with van der Waals surface area (Å²) < 4.78 is 27.8. The number of sulfonamides is 1. The van der Waals surface area contributed by atoms with Crippen LogP contribution in [0.2, 0.25) is 0 Å². The Morgan fingerprint density at radius 3 is 2.50 bits per heavy atom. The number of carbonyl (C=O) groups is 2. The molecule has 1 amide bonds. The van der Waals surface area contributed by atoms with Crippen LogP contribution in [-0.2, 0) is 19.6 Å². The number of hydrogen-bond acceptors (Lipinski definition) is 6. The number of aromatic nitrogens is 1. The minimum absolute atomic E-state index is 0.117. The molecule has 2 aromatic rings. The predicted octanol–water partition coefficient (Wildman–Crippen LogP) is -0.237. The van der Waals surface area contributed by atoms with E-state index in [0.717, 1.165) is 12.4 Å². The molecule has 0 aliphatic rings. The molecule has 10 heteroatoms. The van der Waals surface area contributed by atoms with Gasteiger partial charge in [0, 0.05) is 17.8 Å². The molecular formula is C14H13N3O6S. The molecule has 0 saturated carbocycles.